The second-order valence-corrected chi connectivity index (χ2v) is 2.72. The molecule has 52 valence electrons. The van der Waals surface area contributed by atoms with Gasteiger partial charge in [-0.15, -0.1) is 6.58 Å². The Morgan fingerprint density at radius 2 is 2.22 bits per heavy atom. The normalized spacial score (nSPS) is 14.0. The molecule has 0 aromatic carbocycles. The predicted octanol–water partition coefficient (Wildman–Crippen LogP) is 3.15. The lowest BCUT2D eigenvalue weighted by Crippen LogP contribution is -1.83. The van der Waals surface area contributed by atoms with Crippen molar-refractivity contribution in [2.24, 2.45) is 5.92 Å². The summed E-state index contributed by atoms with van der Waals surface area (Å²) in [6, 6.07) is 0. The summed E-state index contributed by atoms with van der Waals surface area (Å²) in [5.74, 6) is 0.611. The smallest absolute Gasteiger partial charge is 0.0212 e. The highest BCUT2D eigenvalue weighted by molar-refractivity contribution is 9.09. The number of alkyl halides is 1. The van der Waals surface area contributed by atoms with Crippen LogP contribution in [0.5, 0.6) is 0 Å². The Labute approximate surface area is 65.8 Å². The lowest BCUT2D eigenvalue weighted by Gasteiger charge is -1.97. The molecule has 0 bridgehead atoms. The highest BCUT2D eigenvalue weighted by Crippen LogP contribution is 2.02. The van der Waals surface area contributed by atoms with Gasteiger partial charge in [0.05, 0.1) is 0 Å². The maximum Gasteiger partial charge on any atom is 0.0212 e. The first-order valence-corrected chi connectivity index (χ1v) is 4.27. The van der Waals surface area contributed by atoms with Crippen molar-refractivity contribution < 1.29 is 0 Å². The van der Waals surface area contributed by atoms with Crippen LogP contribution in [0.2, 0.25) is 0 Å². The number of allylic oxidation sites excluding steroid dienone is 3. The molecular weight excluding hydrogens is 176 g/mol. The van der Waals surface area contributed by atoms with E-state index in [-0.39, 0.29) is 0 Å². The quantitative estimate of drug-likeness (QED) is 0.470. The van der Waals surface area contributed by atoms with E-state index in [0.717, 1.165) is 11.8 Å². The summed E-state index contributed by atoms with van der Waals surface area (Å²) < 4.78 is 0. The molecule has 0 radical (unpaired) electrons. The summed E-state index contributed by atoms with van der Waals surface area (Å²) in [4.78, 5) is 0. The van der Waals surface area contributed by atoms with Crippen LogP contribution in [0.1, 0.15) is 13.3 Å². The molecule has 0 fully saturated rings. The van der Waals surface area contributed by atoms with Crippen molar-refractivity contribution in [2.75, 3.05) is 5.33 Å². The monoisotopic (exact) mass is 188 g/mol. The first kappa shape index (κ1) is 8.96. The lowest BCUT2D eigenvalue weighted by molar-refractivity contribution is 0.746. The molecule has 0 N–H and O–H groups in total. The number of rotatable bonds is 4. The molecule has 1 unspecified atom stereocenters. The molecule has 0 saturated heterocycles. The maximum absolute atomic E-state index is 3.69. The van der Waals surface area contributed by atoms with Gasteiger partial charge in [0.15, 0.2) is 0 Å². The van der Waals surface area contributed by atoms with Gasteiger partial charge in [-0.2, -0.15) is 0 Å². The Morgan fingerprint density at radius 3 is 2.67 bits per heavy atom. The topological polar surface area (TPSA) is 0 Å². The average molecular weight is 189 g/mol. The summed E-state index contributed by atoms with van der Waals surface area (Å²) >= 11 is 3.31. The van der Waals surface area contributed by atoms with E-state index in [4.69, 9.17) is 0 Å². The Hall–Kier alpha value is -0.0400. The van der Waals surface area contributed by atoms with Gasteiger partial charge in [-0.05, 0) is 12.3 Å². The summed E-state index contributed by atoms with van der Waals surface area (Å²) in [5.41, 5.74) is 0. The largest absolute Gasteiger partial charge is 0.103 e. The van der Waals surface area contributed by atoms with Crippen molar-refractivity contribution in [3.05, 3.63) is 24.8 Å². The van der Waals surface area contributed by atoms with Crippen LogP contribution >= 0.6 is 15.9 Å². The zero-order valence-electron chi connectivity index (χ0n) is 5.81. The van der Waals surface area contributed by atoms with Gasteiger partial charge in [0.1, 0.15) is 0 Å². The van der Waals surface area contributed by atoms with E-state index < -0.39 is 0 Å². The number of halogens is 1. The molecule has 0 spiro atoms. The van der Waals surface area contributed by atoms with Crippen LogP contribution in [0.25, 0.3) is 0 Å². The van der Waals surface area contributed by atoms with Crippen LogP contribution in [0.3, 0.4) is 0 Å². The fourth-order valence-electron chi connectivity index (χ4n) is 0.470. The van der Waals surface area contributed by atoms with Gasteiger partial charge >= 0.3 is 0 Å². The predicted molar refractivity (Wildman–Crippen MR) is 46.9 cm³/mol. The number of hydrogen-bond acceptors (Lipinski definition) is 0. The molecule has 0 aliphatic carbocycles. The lowest BCUT2D eigenvalue weighted by atomic mass is 10.1. The van der Waals surface area contributed by atoms with Crippen molar-refractivity contribution in [1.82, 2.24) is 0 Å². The van der Waals surface area contributed by atoms with Crippen LogP contribution in [0.15, 0.2) is 24.8 Å². The van der Waals surface area contributed by atoms with Crippen LogP contribution < -0.4 is 0 Å². The minimum Gasteiger partial charge on any atom is -0.103 e. The fourth-order valence-corrected chi connectivity index (χ4v) is 0.734. The Kier molecular flexibility index (Phi) is 6.06. The van der Waals surface area contributed by atoms with Gasteiger partial charge in [-0.3, -0.25) is 0 Å². The van der Waals surface area contributed by atoms with Crippen LogP contribution in [-0.2, 0) is 0 Å². The molecule has 0 nitrogen and oxygen atoms in total. The molecule has 0 amide bonds. The van der Waals surface area contributed by atoms with E-state index in [1.54, 1.807) is 0 Å². The second-order valence-electron chi connectivity index (χ2n) is 2.07. The van der Waals surface area contributed by atoms with Crippen molar-refractivity contribution in [3.63, 3.8) is 0 Å². The summed E-state index contributed by atoms with van der Waals surface area (Å²) in [7, 11) is 0. The fraction of sp³-hybridized carbons (Fsp3) is 0.500. The van der Waals surface area contributed by atoms with Crippen molar-refractivity contribution >= 4 is 15.9 Å². The molecular formula is C8H13Br. The third-order valence-corrected chi connectivity index (χ3v) is 1.54. The SMILES string of the molecule is C=CC(C)C/C=C/CBr. The number of hydrogen-bond donors (Lipinski definition) is 0. The zero-order chi connectivity index (χ0) is 7.11. The van der Waals surface area contributed by atoms with E-state index in [0.29, 0.717) is 5.92 Å². The van der Waals surface area contributed by atoms with E-state index in [1.807, 2.05) is 6.08 Å². The second kappa shape index (κ2) is 6.09. The van der Waals surface area contributed by atoms with Crippen molar-refractivity contribution in [3.8, 4) is 0 Å². The van der Waals surface area contributed by atoms with Gasteiger partial charge < -0.3 is 0 Å². The Balaban J connectivity index is 3.25. The van der Waals surface area contributed by atoms with Gasteiger partial charge in [-0.25, -0.2) is 0 Å². The summed E-state index contributed by atoms with van der Waals surface area (Å²) in [5, 5.41) is 0.955. The zero-order valence-corrected chi connectivity index (χ0v) is 7.39. The van der Waals surface area contributed by atoms with Gasteiger partial charge in [0.25, 0.3) is 0 Å². The highest BCUT2D eigenvalue weighted by Gasteiger charge is 1.88. The van der Waals surface area contributed by atoms with E-state index in [2.05, 4.69) is 41.6 Å². The minimum absolute atomic E-state index is 0.611. The maximum atomic E-state index is 3.69. The first-order valence-electron chi connectivity index (χ1n) is 3.14. The van der Waals surface area contributed by atoms with Crippen LogP contribution in [0, 0.1) is 5.92 Å². The minimum atomic E-state index is 0.611. The van der Waals surface area contributed by atoms with E-state index >= 15 is 0 Å². The van der Waals surface area contributed by atoms with E-state index in [1.165, 1.54) is 0 Å². The van der Waals surface area contributed by atoms with Gasteiger partial charge in [0, 0.05) is 5.33 Å². The molecule has 1 heteroatoms. The molecule has 0 heterocycles. The molecule has 0 aliphatic rings. The third kappa shape index (κ3) is 5.84. The first-order chi connectivity index (χ1) is 4.31. The Bertz CT molecular complexity index is 94.7. The standard InChI is InChI=1S/C8H13Br/c1-3-8(2)6-4-5-7-9/h3-5,8H,1,6-7H2,2H3/b5-4+. The molecule has 0 aliphatic heterocycles. The van der Waals surface area contributed by atoms with Crippen LogP contribution in [-0.4, -0.2) is 5.33 Å². The average Bonchev–Trinajstić information content (AvgIpc) is 1.89. The molecule has 0 aromatic rings. The summed E-state index contributed by atoms with van der Waals surface area (Å²) in [6.07, 6.45) is 7.36. The van der Waals surface area contributed by atoms with E-state index in [9.17, 15) is 0 Å². The Morgan fingerprint density at radius 1 is 1.56 bits per heavy atom. The third-order valence-electron chi connectivity index (χ3n) is 1.17. The van der Waals surface area contributed by atoms with Gasteiger partial charge in [-0.1, -0.05) is 41.1 Å². The molecule has 0 aromatic heterocycles. The highest BCUT2D eigenvalue weighted by atomic mass is 79.9. The summed E-state index contributed by atoms with van der Waals surface area (Å²) in [6.45, 7) is 5.85. The molecule has 1 atom stereocenters. The molecule has 9 heavy (non-hydrogen) atoms. The van der Waals surface area contributed by atoms with Crippen LogP contribution in [0.4, 0.5) is 0 Å². The van der Waals surface area contributed by atoms with Crippen molar-refractivity contribution in [2.45, 2.75) is 13.3 Å². The molecule has 0 rings (SSSR count). The molecule has 0 saturated carbocycles. The van der Waals surface area contributed by atoms with Gasteiger partial charge in [0.2, 0.25) is 0 Å². The van der Waals surface area contributed by atoms with Crippen molar-refractivity contribution in [1.29, 1.82) is 0 Å².